The average molecular weight is 508 g/mol. The molecule has 0 saturated carbocycles. The number of hydrogen-bond donors (Lipinski definition) is 2. The lowest BCUT2D eigenvalue weighted by atomic mass is 10.0. The van der Waals surface area contributed by atoms with Crippen molar-refractivity contribution < 1.29 is 9.84 Å². The first-order valence-electron chi connectivity index (χ1n) is 14.8. The highest BCUT2D eigenvalue weighted by Crippen LogP contribution is 2.17. The summed E-state index contributed by atoms with van der Waals surface area (Å²) in [5, 5.41) is 19.4. The molecule has 0 unspecified atom stereocenters. The molecular formula is C32H49N3O2. The van der Waals surface area contributed by atoms with Gasteiger partial charge < -0.3 is 19.0 Å². The lowest BCUT2D eigenvalue weighted by Crippen LogP contribution is -2.31. The summed E-state index contributed by atoms with van der Waals surface area (Å²) in [5.74, 6) is 0.748. The van der Waals surface area contributed by atoms with Gasteiger partial charge in [-0.15, -0.1) is 0 Å². The fourth-order valence-electron chi connectivity index (χ4n) is 5.14. The molecule has 5 nitrogen and oxygen atoms in total. The molecule has 0 aliphatic rings. The van der Waals surface area contributed by atoms with Crippen LogP contribution in [0.2, 0.25) is 0 Å². The summed E-state index contributed by atoms with van der Waals surface area (Å²) < 4.78 is 9.74. The van der Waals surface area contributed by atoms with E-state index in [2.05, 4.69) is 17.6 Å². The van der Waals surface area contributed by atoms with E-state index in [0.29, 0.717) is 12.2 Å². The van der Waals surface area contributed by atoms with E-state index in [9.17, 15) is 5.11 Å². The number of aromatic nitrogens is 2. The largest absolute Gasteiger partial charge is 0.491 e. The molecule has 0 saturated heterocycles. The Morgan fingerprint density at radius 2 is 1.16 bits per heavy atom. The van der Waals surface area contributed by atoms with Crippen LogP contribution < -0.4 is 10.4 Å². The summed E-state index contributed by atoms with van der Waals surface area (Å²) in [6.45, 7) is 3.68. The Morgan fingerprint density at radius 1 is 0.676 bits per heavy atom. The van der Waals surface area contributed by atoms with Gasteiger partial charge in [0.2, 0.25) is 5.62 Å². The van der Waals surface area contributed by atoms with Crippen molar-refractivity contribution in [3.63, 3.8) is 0 Å². The fraction of sp³-hybridized carbons (Fsp3) is 0.594. The van der Waals surface area contributed by atoms with Gasteiger partial charge in [0.15, 0.2) is 0 Å². The van der Waals surface area contributed by atoms with Gasteiger partial charge in [0, 0.05) is 6.54 Å². The summed E-state index contributed by atoms with van der Waals surface area (Å²) in [7, 11) is 0. The molecule has 0 fully saturated rings. The monoisotopic (exact) mass is 507 g/mol. The number of aryl methyl sites for hydroxylation is 1. The Labute approximate surface area is 224 Å². The quantitative estimate of drug-likeness (QED) is 0.153. The van der Waals surface area contributed by atoms with Gasteiger partial charge in [0.1, 0.15) is 18.5 Å². The lowest BCUT2D eigenvalue weighted by molar-refractivity contribution is 0.0921. The number of ether oxygens (including phenoxy) is 1. The van der Waals surface area contributed by atoms with Crippen molar-refractivity contribution in [2.24, 2.45) is 0 Å². The van der Waals surface area contributed by atoms with Gasteiger partial charge in [-0.3, -0.25) is 5.41 Å². The molecule has 2 N–H and O–H groups in total. The first-order valence-corrected chi connectivity index (χ1v) is 14.8. The van der Waals surface area contributed by atoms with E-state index in [-0.39, 0.29) is 6.61 Å². The summed E-state index contributed by atoms with van der Waals surface area (Å²) >= 11 is 0. The number of imidazole rings is 1. The Morgan fingerprint density at radius 3 is 1.73 bits per heavy atom. The van der Waals surface area contributed by atoms with Crippen LogP contribution in [0.25, 0.3) is 11.0 Å². The molecule has 3 aromatic rings. The maximum atomic E-state index is 10.6. The van der Waals surface area contributed by atoms with Crippen LogP contribution in [0, 0.1) is 5.41 Å². The minimum atomic E-state index is -0.686. The van der Waals surface area contributed by atoms with E-state index >= 15 is 0 Å². The number of nitrogens with zero attached hydrogens (tertiary/aromatic N) is 2. The highest BCUT2D eigenvalue weighted by Gasteiger charge is 2.14. The zero-order valence-corrected chi connectivity index (χ0v) is 23.0. The molecular weight excluding hydrogens is 458 g/mol. The Bertz CT molecular complexity index is 1060. The van der Waals surface area contributed by atoms with E-state index in [1.807, 2.05) is 53.1 Å². The Kier molecular flexibility index (Phi) is 13.4. The van der Waals surface area contributed by atoms with Gasteiger partial charge in [-0.1, -0.05) is 121 Å². The maximum absolute atomic E-state index is 10.6. The first-order chi connectivity index (χ1) is 18.2. The second kappa shape index (κ2) is 17.1. The second-order valence-corrected chi connectivity index (χ2v) is 10.4. The standard InChI is InChI=1S/C32H49N3O2/c1-2-3-4-5-6-7-8-9-10-11-12-13-14-20-25-34-30-23-18-19-24-31(30)35(32(34)33)26-28(36)27-37-29-21-16-15-17-22-29/h15-19,21-24,28,33,36H,2-14,20,25-27H2,1H3/t28-/m1/s1. The minimum Gasteiger partial charge on any atom is -0.491 e. The molecule has 204 valence electrons. The first kappa shape index (κ1) is 29.0. The van der Waals surface area contributed by atoms with Crippen molar-refractivity contribution >= 4 is 11.0 Å². The van der Waals surface area contributed by atoms with Crippen LogP contribution >= 0.6 is 0 Å². The average Bonchev–Trinajstić information content (AvgIpc) is 3.18. The molecule has 0 amide bonds. The number of rotatable bonds is 20. The molecule has 1 aromatic heterocycles. The Hall–Kier alpha value is -2.53. The highest BCUT2D eigenvalue weighted by molar-refractivity contribution is 5.75. The highest BCUT2D eigenvalue weighted by atomic mass is 16.5. The molecule has 0 radical (unpaired) electrons. The molecule has 1 atom stereocenters. The van der Waals surface area contributed by atoms with Crippen LogP contribution in [0.3, 0.4) is 0 Å². The number of nitrogens with one attached hydrogen (secondary N) is 1. The van der Waals surface area contributed by atoms with Crippen molar-refractivity contribution in [1.82, 2.24) is 9.13 Å². The number of unbranched alkanes of at least 4 members (excludes halogenated alkanes) is 13. The predicted molar refractivity (Wildman–Crippen MR) is 154 cm³/mol. The van der Waals surface area contributed by atoms with Crippen LogP contribution in [0.1, 0.15) is 96.8 Å². The summed E-state index contributed by atoms with van der Waals surface area (Å²) in [6.07, 6.45) is 18.2. The fourth-order valence-corrected chi connectivity index (χ4v) is 5.14. The van der Waals surface area contributed by atoms with E-state index in [1.165, 1.54) is 83.5 Å². The van der Waals surface area contributed by atoms with E-state index < -0.39 is 6.10 Å². The molecule has 37 heavy (non-hydrogen) atoms. The lowest BCUT2D eigenvalue weighted by Gasteiger charge is -2.13. The molecule has 1 heterocycles. The third-order valence-corrected chi connectivity index (χ3v) is 7.29. The number of aliphatic hydroxyl groups is 1. The van der Waals surface area contributed by atoms with Gasteiger partial charge in [0.25, 0.3) is 0 Å². The third-order valence-electron chi connectivity index (χ3n) is 7.29. The van der Waals surface area contributed by atoms with Gasteiger partial charge in [-0.05, 0) is 30.7 Å². The van der Waals surface area contributed by atoms with Gasteiger partial charge >= 0.3 is 0 Å². The smallest absolute Gasteiger partial charge is 0.203 e. The summed E-state index contributed by atoms with van der Waals surface area (Å²) in [4.78, 5) is 0. The van der Waals surface area contributed by atoms with Gasteiger partial charge in [-0.2, -0.15) is 0 Å². The van der Waals surface area contributed by atoms with Crippen molar-refractivity contribution in [2.75, 3.05) is 6.61 Å². The van der Waals surface area contributed by atoms with Crippen molar-refractivity contribution in [1.29, 1.82) is 5.41 Å². The van der Waals surface area contributed by atoms with Crippen molar-refractivity contribution in [3.05, 3.63) is 60.2 Å². The van der Waals surface area contributed by atoms with Crippen LogP contribution in [0.15, 0.2) is 54.6 Å². The van der Waals surface area contributed by atoms with Crippen LogP contribution in [-0.2, 0) is 13.1 Å². The SMILES string of the molecule is CCCCCCCCCCCCCCCCn1c(=N)n(C[C@@H](O)COc2ccccc2)c2ccccc21. The van der Waals surface area contributed by atoms with E-state index in [4.69, 9.17) is 10.1 Å². The molecule has 0 aliphatic heterocycles. The maximum Gasteiger partial charge on any atom is 0.203 e. The normalized spacial score (nSPS) is 12.3. The molecule has 5 heteroatoms. The van der Waals surface area contributed by atoms with Crippen molar-refractivity contribution in [3.8, 4) is 5.75 Å². The molecule has 0 bridgehead atoms. The second-order valence-electron chi connectivity index (χ2n) is 10.4. The zero-order valence-electron chi connectivity index (χ0n) is 23.0. The van der Waals surface area contributed by atoms with Gasteiger partial charge in [0.05, 0.1) is 17.6 Å². The number of aliphatic hydroxyl groups excluding tert-OH is 1. The summed E-state index contributed by atoms with van der Waals surface area (Å²) in [6, 6.07) is 17.7. The van der Waals surface area contributed by atoms with Crippen molar-refractivity contribution in [2.45, 2.75) is 116 Å². The van der Waals surface area contributed by atoms with Crippen LogP contribution in [0.5, 0.6) is 5.75 Å². The predicted octanol–water partition coefficient (Wildman–Crippen LogP) is 7.84. The molecule has 0 aliphatic carbocycles. The number of fused-ring (bicyclic) bond motifs is 1. The number of hydrogen-bond acceptors (Lipinski definition) is 3. The molecule has 3 rings (SSSR count). The number of benzene rings is 2. The topological polar surface area (TPSA) is 63.2 Å². The van der Waals surface area contributed by atoms with Gasteiger partial charge in [-0.25, -0.2) is 0 Å². The van der Waals surface area contributed by atoms with Crippen LogP contribution in [-0.4, -0.2) is 27.0 Å². The number of para-hydroxylation sites is 3. The minimum absolute atomic E-state index is 0.203. The molecule has 0 spiro atoms. The Balaban J connectivity index is 1.36. The zero-order chi connectivity index (χ0) is 26.1. The van der Waals surface area contributed by atoms with E-state index in [0.717, 1.165) is 29.7 Å². The summed E-state index contributed by atoms with van der Waals surface area (Å²) in [5.41, 5.74) is 2.52. The van der Waals surface area contributed by atoms with E-state index in [1.54, 1.807) is 0 Å². The molecule has 2 aromatic carbocycles. The van der Waals surface area contributed by atoms with Crippen LogP contribution in [0.4, 0.5) is 0 Å². The third kappa shape index (κ3) is 10.0.